The third-order valence-electron chi connectivity index (χ3n) is 2.50. The molecule has 0 saturated heterocycles. The van der Waals surface area contributed by atoms with Crippen LogP contribution in [0.3, 0.4) is 0 Å². The van der Waals surface area contributed by atoms with Crippen LogP contribution in [0.4, 0.5) is 0 Å². The van der Waals surface area contributed by atoms with E-state index in [1.165, 1.54) is 16.6 Å². The number of aromatic nitrogens is 1. The zero-order chi connectivity index (χ0) is 10.7. The van der Waals surface area contributed by atoms with Crippen molar-refractivity contribution in [3.63, 3.8) is 0 Å². The Morgan fingerprint density at radius 3 is 2.80 bits per heavy atom. The lowest BCUT2D eigenvalue weighted by Crippen LogP contribution is -1.94. The lowest BCUT2D eigenvalue weighted by molar-refractivity contribution is 0.318. The van der Waals surface area contributed by atoms with E-state index in [4.69, 9.17) is 4.74 Å². The quantitative estimate of drug-likeness (QED) is 0.808. The number of aromatic amines is 1. The highest BCUT2D eigenvalue weighted by molar-refractivity contribution is 5.81. The van der Waals surface area contributed by atoms with Crippen molar-refractivity contribution in [3.8, 4) is 5.75 Å². The molecule has 2 aromatic rings. The molecule has 0 aliphatic heterocycles. The highest BCUT2D eigenvalue weighted by Gasteiger charge is 2.00. The summed E-state index contributed by atoms with van der Waals surface area (Å²) in [5.41, 5.74) is 2.44. The Balaban J connectivity index is 2.29. The molecule has 0 fully saturated rings. The van der Waals surface area contributed by atoms with Gasteiger partial charge in [0.1, 0.15) is 5.75 Å². The number of H-pyrrole nitrogens is 1. The molecule has 2 rings (SSSR count). The maximum Gasteiger partial charge on any atom is 0.121 e. The number of hydrogen-bond acceptors (Lipinski definition) is 1. The fraction of sp³-hybridized carbons (Fsp3) is 0.385. The topological polar surface area (TPSA) is 25.0 Å². The van der Waals surface area contributed by atoms with E-state index < -0.39 is 0 Å². The standard InChI is InChI=1S/C13H17NO/c1-3-7-15-12-6-5-10-8-11(4-2)14-13(10)9-12/h5-6,8-9,14H,3-4,7H2,1-2H3. The van der Waals surface area contributed by atoms with E-state index in [2.05, 4.69) is 37.0 Å². The Kier molecular flexibility index (Phi) is 2.95. The maximum absolute atomic E-state index is 5.59. The first-order chi connectivity index (χ1) is 7.33. The summed E-state index contributed by atoms with van der Waals surface area (Å²) >= 11 is 0. The molecule has 1 heterocycles. The summed E-state index contributed by atoms with van der Waals surface area (Å²) in [4.78, 5) is 3.38. The predicted molar refractivity (Wildman–Crippen MR) is 63.5 cm³/mol. The van der Waals surface area contributed by atoms with Crippen molar-refractivity contribution >= 4 is 10.9 Å². The molecule has 0 aliphatic carbocycles. The van der Waals surface area contributed by atoms with Gasteiger partial charge in [0, 0.05) is 17.3 Å². The Morgan fingerprint density at radius 2 is 2.07 bits per heavy atom. The Morgan fingerprint density at radius 1 is 1.20 bits per heavy atom. The molecule has 0 unspecified atom stereocenters. The van der Waals surface area contributed by atoms with Crippen LogP contribution in [-0.4, -0.2) is 11.6 Å². The number of nitrogens with one attached hydrogen (secondary N) is 1. The second kappa shape index (κ2) is 4.39. The molecular formula is C13H17NO. The van der Waals surface area contributed by atoms with E-state index in [0.29, 0.717) is 0 Å². The van der Waals surface area contributed by atoms with Gasteiger partial charge in [-0.15, -0.1) is 0 Å². The van der Waals surface area contributed by atoms with E-state index in [1.807, 2.05) is 6.07 Å². The average Bonchev–Trinajstić information content (AvgIpc) is 2.68. The van der Waals surface area contributed by atoms with Crippen LogP contribution in [0.25, 0.3) is 10.9 Å². The highest BCUT2D eigenvalue weighted by atomic mass is 16.5. The third-order valence-corrected chi connectivity index (χ3v) is 2.50. The summed E-state index contributed by atoms with van der Waals surface area (Å²) in [6.45, 7) is 5.05. The van der Waals surface area contributed by atoms with Crippen LogP contribution in [0.1, 0.15) is 26.0 Å². The molecule has 1 aromatic heterocycles. The fourth-order valence-corrected chi connectivity index (χ4v) is 1.67. The molecule has 2 heteroatoms. The molecule has 0 amide bonds. The van der Waals surface area contributed by atoms with Crippen molar-refractivity contribution in [2.75, 3.05) is 6.61 Å². The van der Waals surface area contributed by atoms with Crippen LogP contribution < -0.4 is 4.74 Å². The number of rotatable bonds is 4. The molecule has 0 bridgehead atoms. The van der Waals surface area contributed by atoms with Gasteiger partial charge in [-0.05, 0) is 36.4 Å². The van der Waals surface area contributed by atoms with E-state index in [-0.39, 0.29) is 0 Å². The van der Waals surface area contributed by atoms with Gasteiger partial charge in [-0.25, -0.2) is 0 Å². The first kappa shape index (κ1) is 10.1. The monoisotopic (exact) mass is 203 g/mol. The minimum atomic E-state index is 0.785. The van der Waals surface area contributed by atoms with E-state index >= 15 is 0 Å². The molecule has 1 aromatic carbocycles. The first-order valence-corrected chi connectivity index (χ1v) is 5.58. The van der Waals surface area contributed by atoms with Crippen LogP contribution in [0.15, 0.2) is 24.3 Å². The number of benzene rings is 1. The molecular weight excluding hydrogens is 186 g/mol. The molecule has 0 radical (unpaired) electrons. The molecule has 0 aliphatic rings. The van der Waals surface area contributed by atoms with Crippen molar-refractivity contribution in [2.45, 2.75) is 26.7 Å². The normalized spacial score (nSPS) is 10.8. The van der Waals surface area contributed by atoms with Crippen molar-refractivity contribution in [2.24, 2.45) is 0 Å². The smallest absolute Gasteiger partial charge is 0.121 e. The zero-order valence-electron chi connectivity index (χ0n) is 9.34. The SMILES string of the molecule is CCCOc1ccc2cc(CC)[nH]c2c1. The van der Waals surface area contributed by atoms with Gasteiger partial charge < -0.3 is 9.72 Å². The van der Waals surface area contributed by atoms with Gasteiger partial charge in [0.05, 0.1) is 6.61 Å². The van der Waals surface area contributed by atoms with Gasteiger partial charge in [-0.2, -0.15) is 0 Å². The minimum absolute atomic E-state index is 0.785. The van der Waals surface area contributed by atoms with Gasteiger partial charge in [0.2, 0.25) is 0 Å². The summed E-state index contributed by atoms with van der Waals surface area (Å²) in [7, 11) is 0. The van der Waals surface area contributed by atoms with Crippen molar-refractivity contribution in [1.82, 2.24) is 4.98 Å². The van der Waals surface area contributed by atoms with Crippen LogP contribution in [0.2, 0.25) is 0 Å². The average molecular weight is 203 g/mol. The minimum Gasteiger partial charge on any atom is -0.494 e. The lowest BCUT2D eigenvalue weighted by atomic mass is 10.2. The van der Waals surface area contributed by atoms with E-state index in [1.54, 1.807) is 0 Å². The second-order valence-electron chi connectivity index (χ2n) is 3.75. The first-order valence-electron chi connectivity index (χ1n) is 5.58. The van der Waals surface area contributed by atoms with Gasteiger partial charge >= 0.3 is 0 Å². The maximum atomic E-state index is 5.59. The fourth-order valence-electron chi connectivity index (χ4n) is 1.67. The third kappa shape index (κ3) is 2.14. The summed E-state index contributed by atoms with van der Waals surface area (Å²) in [6.07, 6.45) is 2.09. The summed E-state index contributed by atoms with van der Waals surface area (Å²) < 4.78 is 5.59. The molecule has 1 N–H and O–H groups in total. The number of fused-ring (bicyclic) bond motifs is 1. The van der Waals surface area contributed by atoms with Crippen molar-refractivity contribution < 1.29 is 4.74 Å². The largest absolute Gasteiger partial charge is 0.494 e. The van der Waals surface area contributed by atoms with Gasteiger partial charge in [-0.3, -0.25) is 0 Å². The Labute approximate surface area is 90.3 Å². The van der Waals surface area contributed by atoms with Crippen molar-refractivity contribution in [3.05, 3.63) is 30.0 Å². The summed E-state index contributed by atoms with van der Waals surface area (Å²) in [6, 6.07) is 8.41. The zero-order valence-corrected chi connectivity index (χ0v) is 9.34. The molecule has 0 saturated carbocycles. The van der Waals surface area contributed by atoms with Crippen LogP contribution in [0.5, 0.6) is 5.75 Å². The Bertz CT molecular complexity index is 445. The van der Waals surface area contributed by atoms with E-state index in [9.17, 15) is 0 Å². The number of ether oxygens (including phenoxy) is 1. The molecule has 0 atom stereocenters. The van der Waals surface area contributed by atoms with Gasteiger partial charge in [0.25, 0.3) is 0 Å². The molecule has 0 spiro atoms. The summed E-state index contributed by atoms with van der Waals surface area (Å²) in [5.74, 6) is 0.953. The van der Waals surface area contributed by atoms with Crippen LogP contribution in [0, 0.1) is 0 Å². The van der Waals surface area contributed by atoms with E-state index in [0.717, 1.165) is 25.2 Å². The van der Waals surface area contributed by atoms with Gasteiger partial charge in [0.15, 0.2) is 0 Å². The highest BCUT2D eigenvalue weighted by Crippen LogP contribution is 2.21. The summed E-state index contributed by atoms with van der Waals surface area (Å²) in [5, 5.41) is 1.26. The number of aryl methyl sites for hydroxylation is 1. The predicted octanol–water partition coefficient (Wildman–Crippen LogP) is 3.52. The molecule has 80 valence electrons. The van der Waals surface area contributed by atoms with Gasteiger partial charge in [-0.1, -0.05) is 13.8 Å². The van der Waals surface area contributed by atoms with Crippen molar-refractivity contribution in [1.29, 1.82) is 0 Å². The molecule has 15 heavy (non-hydrogen) atoms. The Hall–Kier alpha value is -1.44. The lowest BCUT2D eigenvalue weighted by Gasteiger charge is -2.03. The number of hydrogen-bond donors (Lipinski definition) is 1. The van der Waals surface area contributed by atoms with Crippen LogP contribution >= 0.6 is 0 Å². The second-order valence-corrected chi connectivity index (χ2v) is 3.75. The van der Waals surface area contributed by atoms with Crippen LogP contribution in [-0.2, 0) is 6.42 Å². The molecule has 2 nitrogen and oxygen atoms in total.